The summed E-state index contributed by atoms with van der Waals surface area (Å²) in [6, 6.07) is 14.6. The summed E-state index contributed by atoms with van der Waals surface area (Å²) < 4.78 is 38.7. The van der Waals surface area contributed by atoms with Gasteiger partial charge in [-0.05, 0) is 30.0 Å². The van der Waals surface area contributed by atoms with Crippen LogP contribution < -0.4 is 5.32 Å². The molecule has 3 rings (SSSR count). The molecular formula is C17H14F3NO. The third-order valence-electron chi connectivity index (χ3n) is 3.85. The molecule has 114 valence electrons. The van der Waals surface area contributed by atoms with Gasteiger partial charge in [0.15, 0.2) is 0 Å². The fourth-order valence-corrected chi connectivity index (χ4v) is 2.62. The van der Waals surface area contributed by atoms with Crippen LogP contribution in [0.3, 0.4) is 0 Å². The van der Waals surface area contributed by atoms with Crippen molar-refractivity contribution in [1.29, 1.82) is 0 Å². The van der Waals surface area contributed by atoms with Gasteiger partial charge in [-0.2, -0.15) is 13.2 Å². The van der Waals surface area contributed by atoms with E-state index in [-0.39, 0.29) is 23.4 Å². The van der Waals surface area contributed by atoms with Crippen LogP contribution in [0.4, 0.5) is 18.9 Å². The molecule has 1 amide bonds. The van der Waals surface area contributed by atoms with Gasteiger partial charge in [0.2, 0.25) is 5.91 Å². The summed E-state index contributed by atoms with van der Waals surface area (Å²) in [6.07, 6.45) is -3.81. The number of nitrogens with one attached hydrogen (secondary N) is 1. The van der Waals surface area contributed by atoms with Crippen molar-refractivity contribution in [2.24, 2.45) is 5.92 Å². The van der Waals surface area contributed by atoms with Gasteiger partial charge in [0.1, 0.15) is 0 Å². The molecule has 1 N–H and O–H groups in total. The molecule has 0 aromatic heterocycles. The van der Waals surface area contributed by atoms with Crippen molar-refractivity contribution in [3.05, 3.63) is 65.7 Å². The minimum atomic E-state index is -4.48. The topological polar surface area (TPSA) is 29.1 Å². The van der Waals surface area contributed by atoms with Crippen LogP contribution in [0.15, 0.2) is 54.6 Å². The summed E-state index contributed by atoms with van der Waals surface area (Å²) in [7, 11) is 0. The molecule has 0 heterocycles. The first-order valence-corrected chi connectivity index (χ1v) is 6.99. The Bertz CT molecular complexity index is 682. The van der Waals surface area contributed by atoms with Crippen LogP contribution in [0.25, 0.3) is 0 Å². The van der Waals surface area contributed by atoms with Crippen LogP contribution >= 0.6 is 0 Å². The van der Waals surface area contributed by atoms with Crippen molar-refractivity contribution in [2.75, 3.05) is 5.32 Å². The second-order valence-corrected chi connectivity index (χ2v) is 5.39. The van der Waals surface area contributed by atoms with E-state index in [0.29, 0.717) is 6.42 Å². The Labute approximate surface area is 126 Å². The summed E-state index contributed by atoms with van der Waals surface area (Å²) >= 11 is 0. The zero-order valence-electron chi connectivity index (χ0n) is 11.6. The standard InChI is InChI=1S/C17H14F3NO/c18-17(19,20)14-8-4-5-9-15(14)21-16(22)13-10-12(13)11-6-2-1-3-7-11/h1-9,12-13H,10H2,(H,21,22)/t12-,13-/m1/s1. The number of alkyl halides is 3. The lowest BCUT2D eigenvalue weighted by molar-refractivity contribution is -0.137. The number of carbonyl (C=O) groups is 1. The van der Waals surface area contributed by atoms with Crippen molar-refractivity contribution in [2.45, 2.75) is 18.5 Å². The zero-order valence-corrected chi connectivity index (χ0v) is 11.6. The van der Waals surface area contributed by atoms with Gasteiger partial charge in [-0.15, -0.1) is 0 Å². The minimum absolute atomic E-state index is 0.0965. The number of rotatable bonds is 3. The quantitative estimate of drug-likeness (QED) is 0.892. The highest BCUT2D eigenvalue weighted by molar-refractivity contribution is 5.96. The van der Waals surface area contributed by atoms with Gasteiger partial charge in [0, 0.05) is 5.92 Å². The van der Waals surface area contributed by atoms with Crippen LogP contribution in [0.2, 0.25) is 0 Å². The minimum Gasteiger partial charge on any atom is -0.325 e. The zero-order chi connectivity index (χ0) is 15.7. The molecular weight excluding hydrogens is 291 g/mol. The first-order chi connectivity index (χ1) is 10.5. The second-order valence-electron chi connectivity index (χ2n) is 5.39. The third-order valence-corrected chi connectivity index (χ3v) is 3.85. The maximum atomic E-state index is 12.9. The predicted octanol–water partition coefficient (Wildman–Crippen LogP) is 4.45. The maximum Gasteiger partial charge on any atom is 0.418 e. The molecule has 2 aromatic carbocycles. The van der Waals surface area contributed by atoms with E-state index in [1.807, 2.05) is 30.3 Å². The van der Waals surface area contributed by atoms with E-state index >= 15 is 0 Å². The molecule has 1 fully saturated rings. The molecule has 5 heteroatoms. The van der Waals surface area contributed by atoms with Crippen molar-refractivity contribution >= 4 is 11.6 Å². The Morgan fingerprint density at radius 1 is 1.00 bits per heavy atom. The molecule has 0 saturated heterocycles. The lowest BCUT2D eigenvalue weighted by Crippen LogP contribution is -2.18. The Balaban J connectivity index is 1.72. The van der Waals surface area contributed by atoms with E-state index < -0.39 is 11.7 Å². The monoisotopic (exact) mass is 305 g/mol. The normalized spacial score (nSPS) is 20.5. The average Bonchev–Trinajstić information content (AvgIpc) is 3.28. The first kappa shape index (κ1) is 14.6. The van der Waals surface area contributed by atoms with Crippen molar-refractivity contribution < 1.29 is 18.0 Å². The molecule has 0 spiro atoms. The van der Waals surface area contributed by atoms with E-state index in [0.717, 1.165) is 11.6 Å². The second kappa shape index (κ2) is 5.48. The van der Waals surface area contributed by atoms with Gasteiger partial charge in [0.25, 0.3) is 0 Å². The SMILES string of the molecule is O=C(Nc1ccccc1C(F)(F)F)[C@@H]1C[C@@H]1c1ccccc1. The van der Waals surface area contributed by atoms with E-state index in [1.54, 1.807) is 0 Å². The first-order valence-electron chi connectivity index (χ1n) is 6.99. The van der Waals surface area contributed by atoms with E-state index in [9.17, 15) is 18.0 Å². The number of benzene rings is 2. The molecule has 1 saturated carbocycles. The lowest BCUT2D eigenvalue weighted by Gasteiger charge is -2.13. The maximum absolute atomic E-state index is 12.9. The van der Waals surface area contributed by atoms with Crippen LogP contribution in [0.1, 0.15) is 23.5 Å². The molecule has 0 unspecified atom stereocenters. The highest BCUT2D eigenvalue weighted by Gasteiger charge is 2.44. The van der Waals surface area contributed by atoms with Gasteiger partial charge >= 0.3 is 6.18 Å². The smallest absolute Gasteiger partial charge is 0.325 e. The number of amides is 1. The lowest BCUT2D eigenvalue weighted by atomic mass is 10.1. The van der Waals surface area contributed by atoms with E-state index in [1.165, 1.54) is 18.2 Å². The van der Waals surface area contributed by atoms with Gasteiger partial charge in [0.05, 0.1) is 11.3 Å². The molecule has 0 radical (unpaired) electrons. The van der Waals surface area contributed by atoms with Crippen molar-refractivity contribution in [1.82, 2.24) is 0 Å². The predicted molar refractivity (Wildman–Crippen MR) is 77.4 cm³/mol. The van der Waals surface area contributed by atoms with Gasteiger partial charge in [-0.25, -0.2) is 0 Å². The fraction of sp³-hybridized carbons (Fsp3) is 0.235. The molecule has 22 heavy (non-hydrogen) atoms. The van der Waals surface area contributed by atoms with E-state index in [4.69, 9.17) is 0 Å². The third kappa shape index (κ3) is 2.98. The molecule has 1 aliphatic carbocycles. The highest BCUT2D eigenvalue weighted by atomic mass is 19.4. The average molecular weight is 305 g/mol. The molecule has 0 aliphatic heterocycles. The highest BCUT2D eigenvalue weighted by Crippen LogP contribution is 2.48. The number of carbonyl (C=O) groups excluding carboxylic acids is 1. The molecule has 1 aliphatic rings. The molecule has 2 atom stereocenters. The van der Waals surface area contributed by atoms with Crippen LogP contribution in [0.5, 0.6) is 0 Å². The van der Waals surface area contributed by atoms with Gasteiger partial charge in [-0.3, -0.25) is 4.79 Å². The van der Waals surface area contributed by atoms with Crippen LogP contribution in [0, 0.1) is 5.92 Å². The Hall–Kier alpha value is -2.30. The van der Waals surface area contributed by atoms with Crippen molar-refractivity contribution in [3.8, 4) is 0 Å². The number of halogens is 3. The molecule has 2 nitrogen and oxygen atoms in total. The molecule has 0 bridgehead atoms. The van der Waals surface area contributed by atoms with Gasteiger partial charge < -0.3 is 5.32 Å². The fourth-order valence-electron chi connectivity index (χ4n) is 2.62. The Morgan fingerprint density at radius 2 is 1.64 bits per heavy atom. The Morgan fingerprint density at radius 3 is 2.32 bits per heavy atom. The van der Waals surface area contributed by atoms with Crippen LogP contribution in [-0.4, -0.2) is 5.91 Å². The summed E-state index contributed by atoms with van der Waals surface area (Å²) in [6.45, 7) is 0. The summed E-state index contributed by atoms with van der Waals surface area (Å²) in [5, 5.41) is 2.42. The van der Waals surface area contributed by atoms with Crippen molar-refractivity contribution in [3.63, 3.8) is 0 Å². The summed E-state index contributed by atoms with van der Waals surface area (Å²) in [5.74, 6) is -0.520. The van der Waals surface area contributed by atoms with Crippen LogP contribution in [-0.2, 0) is 11.0 Å². The number of hydrogen-bond acceptors (Lipinski definition) is 1. The van der Waals surface area contributed by atoms with Gasteiger partial charge in [-0.1, -0.05) is 42.5 Å². The number of hydrogen-bond donors (Lipinski definition) is 1. The number of para-hydroxylation sites is 1. The largest absolute Gasteiger partial charge is 0.418 e. The van der Waals surface area contributed by atoms with E-state index in [2.05, 4.69) is 5.32 Å². The molecule has 2 aromatic rings. The Kier molecular flexibility index (Phi) is 3.64. The summed E-state index contributed by atoms with van der Waals surface area (Å²) in [4.78, 5) is 12.2. The summed E-state index contributed by atoms with van der Waals surface area (Å²) in [5.41, 5.74) is 0.0470. The number of anilines is 1.